The molecule has 0 radical (unpaired) electrons. The number of hydrogen-bond acceptors (Lipinski definition) is 4. The normalized spacial score (nSPS) is 25.8. The van der Waals surface area contributed by atoms with Crippen molar-refractivity contribution in [1.29, 1.82) is 0 Å². The average molecular weight is 290 g/mol. The SMILES string of the molecule is CC(CCO)CCO.CC(O)C1CCC(C(C)O)CC1. The second-order valence-electron chi connectivity index (χ2n) is 6.29. The first-order valence-corrected chi connectivity index (χ1v) is 8.00. The molecule has 2 unspecified atom stereocenters. The third-order valence-electron chi connectivity index (χ3n) is 4.42. The summed E-state index contributed by atoms with van der Waals surface area (Å²) in [5, 5.41) is 35.4. The molecule has 20 heavy (non-hydrogen) atoms. The quantitative estimate of drug-likeness (QED) is 0.602. The maximum atomic E-state index is 9.34. The molecule has 4 N–H and O–H groups in total. The van der Waals surface area contributed by atoms with E-state index in [4.69, 9.17) is 10.2 Å². The Bertz CT molecular complexity index is 189. The molecule has 4 heteroatoms. The fraction of sp³-hybridized carbons (Fsp3) is 1.00. The lowest BCUT2D eigenvalue weighted by molar-refractivity contribution is 0.0483. The van der Waals surface area contributed by atoms with Crippen LogP contribution in [0.3, 0.4) is 0 Å². The Morgan fingerprint density at radius 3 is 1.25 bits per heavy atom. The molecule has 0 heterocycles. The highest BCUT2D eigenvalue weighted by Gasteiger charge is 2.26. The van der Waals surface area contributed by atoms with Crippen LogP contribution in [-0.2, 0) is 0 Å². The van der Waals surface area contributed by atoms with E-state index in [1.54, 1.807) is 0 Å². The van der Waals surface area contributed by atoms with Gasteiger partial charge in [0.1, 0.15) is 0 Å². The smallest absolute Gasteiger partial charge is 0.0540 e. The highest BCUT2D eigenvalue weighted by atomic mass is 16.3. The third kappa shape index (κ3) is 8.90. The Labute approximate surface area is 123 Å². The van der Waals surface area contributed by atoms with Crippen LogP contribution in [0.25, 0.3) is 0 Å². The van der Waals surface area contributed by atoms with Crippen LogP contribution < -0.4 is 0 Å². The first-order chi connectivity index (χ1) is 9.42. The second kappa shape index (κ2) is 11.5. The molecule has 1 aliphatic rings. The van der Waals surface area contributed by atoms with Gasteiger partial charge in [0.15, 0.2) is 0 Å². The van der Waals surface area contributed by atoms with Gasteiger partial charge < -0.3 is 20.4 Å². The van der Waals surface area contributed by atoms with Gasteiger partial charge in [-0.15, -0.1) is 0 Å². The molecule has 1 rings (SSSR count). The first-order valence-electron chi connectivity index (χ1n) is 8.00. The first kappa shape index (κ1) is 19.8. The van der Waals surface area contributed by atoms with E-state index in [1.165, 1.54) is 0 Å². The number of aliphatic hydroxyl groups excluding tert-OH is 4. The Morgan fingerprint density at radius 2 is 1.05 bits per heavy atom. The lowest BCUT2D eigenvalue weighted by Crippen LogP contribution is -2.27. The van der Waals surface area contributed by atoms with Crippen molar-refractivity contribution in [2.75, 3.05) is 13.2 Å². The van der Waals surface area contributed by atoms with Gasteiger partial charge in [0.05, 0.1) is 12.2 Å². The molecular weight excluding hydrogens is 256 g/mol. The Hall–Kier alpha value is -0.160. The van der Waals surface area contributed by atoms with Crippen LogP contribution in [0, 0.1) is 17.8 Å². The zero-order chi connectivity index (χ0) is 15.5. The summed E-state index contributed by atoms with van der Waals surface area (Å²) in [7, 11) is 0. The van der Waals surface area contributed by atoms with Crippen molar-refractivity contribution in [2.45, 2.75) is 71.5 Å². The predicted octanol–water partition coefficient (Wildman–Crippen LogP) is 1.94. The van der Waals surface area contributed by atoms with Gasteiger partial charge in [0.2, 0.25) is 0 Å². The highest BCUT2D eigenvalue weighted by Crippen LogP contribution is 2.32. The zero-order valence-electron chi connectivity index (χ0n) is 13.3. The van der Waals surface area contributed by atoms with E-state index >= 15 is 0 Å². The van der Waals surface area contributed by atoms with Crippen molar-refractivity contribution < 1.29 is 20.4 Å². The summed E-state index contributed by atoms with van der Waals surface area (Å²) >= 11 is 0. The largest absolute Gasteiger partial charge is 0.396 e. The summed E-state index contributed by atoms with van der Waals surface area (Å²) in [6, 6.07) is 0. The van der Waals surface area contributed by atoms with Crippen LogP contribution in [0.4, 0.5) is 0 Å². The summed E-state index contributed by atoms with van der Waals surface area (Å²) < 4.78 is 0. The van der Waals surface area contributed by atoms with Crippen LogP contribution >= 0.6 is 0 Å². The number of aliphatic hydroxyl groups is 4. The molecule has 0 aromatic rings. The van der Waals surface area contributed by atoms with E-state index in [1.807, 2.05) is 20.8 Å². The van der Waals surface area contributed by atoms with Crippen LogP contribution in [0.2, 0.25) is 0 Å². The Balaban J connectivity index is 0.000000396. The van der Waals surface area contributed by atoms with E-state index in [2.05, 4.69) is 0 Å². The molecule has 0 aliphatic heterocycles. The molecule has 0 amide bonds. The van der Waals surface area contributed by atoms with Gasteiger partial charge in [-0.2, -0.15) is 0 Å². The third-order valence-corrected chi connectivity index (χ3v) is 4.42. The van der Waals surface area contributed by atoms with Crippen molar-refractivity contribution in [1.82, 2.24) is 0 Å². The molecule has 1 saturated carbocycles. The fourth-order valence-corrected chi connectivity index (χ4v) is 2.69. The minimum atomic E-state index is -0.167. The van der Waals surface area contributed by atoms with Crippen molar-refractivity contribution in [2.24, 2.45) is 17.8 Å². The molecule has 122 valence electrons. The predicted molar refractivity (Wildman–Crippen MR) is 81.4 cm³/mol. The average Bonchev–Trinajstić information content (AvgIpc) is 2.40. The van der Waals surface area contributed by atoms with Crippen molar-refractivity contribution in [3.63, 3.8) is 0 Å². The van der Waals surface area contributed by atoms with Gasteiger partial charge in [-0.3, -0.25) is 0 Å². The van der Waals surface area contributed by atoms with E-state index in [9.17, 15) is 10.2 Å². The van der Waals surface area contributed by atoms with Gasteiger partial charge in [-0.05, 0) is 70.1 Å². The molecule has 0 aromatic carbocycles. The number of rotatable bonds is 6. The van der Waals surface area contributed by atoms with Crippen LogP contribution in [0.1, 0.15) is 59.3 Å². The van der Waals surface area contributed by atoms with Gasteiger partial charge in [-0.1, -0.05) is 6.92 Å². The highest BCUT2D eigenvalue weighted by molar-refractivity contribution is 4.77. The maximum Gasteiger partial charge on any atom is 0.0540 e. The molecule has 1 fully saturated rings. The van der Waals surface area contributed by atoms with E-state index in [-0.39, 0.29) is 25.4 Å². The summed E-state index contributed by atoms with van der Waals surface area (Å²) in [6.07, 6.45) is 5.59. The van der Waals surface area contributed by atoms with E-state index in [0.717, 1.165) is 38.5 Å². The molecule has 4 nitrogen and oxygen atoms in total. The van der Waals surface area contributed by atoms with Gasteiger partial charge in [-0.25, -0.2) is 0 Å². The monoisotopic (exact) mass is 290 g/mol. The standard InChI is InChI=1S/C10H20O2.C6H14O2/c1-7(11)9-3-5-10(6-4-9)8(2)12;1-6(2-4-7)3-5-8/h7-12H,3-6H2,1-2H3;6-8H,2-5H2,1H3. The van der Waals surface area contributed by atoms with Crippen molar-refractivity contribution in [3.8, 4) is 0 Å². The molecule has 0 saturated heterocycles. The minimum absolute atomic E-state index is 0.167. The van der Waals surface area contributed by atoms with E-state index < -0.39 is 0 Å². The number of hydrogen-bond donors (Lipinski definition) is 4. The summed E-state index contributed by atoms with van der Waals surface area (Å²) in [6.45, 7) is 6.23. The van der Waals surface area contributed by atoms with Gasteiger partial charge in [0.25, 0.3) is 0 Å². The zero-order valence-corrected chi connectivity index (χ0v) is 13.3. The van der Waals surface area contributed by atoms with Crippen LogP contribution in [0.15, 0.2) is 0 Å². The molecule has 2 atom stereocenters. The maximum absolute atomic E-state index is 9.34. The summed E-state index contributed by atoms with van der Waals surface area (Å²) in [4.78, 5) is 0. The second-order valence-corrected chi connectivity index (χ2v) is 6.29. The lowest BCUT2D eigenvalue weighted by Gasteiger charge is -2.31. The van der Waals surface area contributed by atoms with Gasteiger partial charge in [0, 0.05) is 13.2 Å². The van der Waals surface area contributed by atoms with Crippen molar-refractivity contribution in [3.05, 3.63) is 0 Å². The minimum Gasteiger partial charge on any atom is -0.396 e. The van der Waals surface area contributed by atoms with Crippen LogP contribution in [-0.4, -0.2) is 45.8 Å². The lowest BCUT2D eigenvalue weighted by atomic mass is 9.78. The van der Waals surface area contributed by atoms with Crippen LogP contribution in [0.5, 0.6) is 0 Å². The Kier molecular flexibility index (Phi) is 11.4. The van der Waals surface area contributed by atoms with Crippen molar-refractivity contribution >= 4 is 0 Å². The Morgan fingerprint density at radius 1 is 0.750 bits per heavy atom. The molecule has 0 bridgehead atoms. The van der Waals surface area contributed by atoms with Gasteiger partial charge >= 0.3 is 0 Å². The molecule has 0 spiro atoms. The molecule has 0 aromatic heterocycles. The van der Waals surface area contributed by atoms with E-state index in [0.29, 0.717) is 17.8 Å². The summed E-state index contributed by atoms with van der Waals surface area (Å²) in [5.41, 5.74) is 0. The molecule has 1 aliphatic carbocycles. The summed E-state index contributed by atoms with van der Waals surface area (Å²) in [5.74, 6) is 1.41. The topological polar surface area (TPSA) is 80.9 Å². The fourth-order valence-electron chi connectivity index (χ4n) is 2.69. The molecular formula is C16H34O4.